The summed E-state index contributed by atoms with van der Waals surface area (Å²) in [5, 5.41) is 13.5. The number of urea groups is 1. The molecule has 0 saturated carbocycles. The fourth-order valence-electron chi connectivity index (χ4n) is 2.18. The van der Waals surface area contributed by atoms with Crippen LogP contribution in [-0.4, -0.2) is 16.2 Å². The molecule has 1 unspecified atom stereocenters. The van der Waals surface area contributed by atoms with E-state index in [-0.39, 0.29) is 6.03 Å². The topological polar surface area (TPSA) is 80.0 Å². The molecule has 0 bridgehead atoms. The lowest BCUT2D eigenvalue weighted by Crippen LogP contribution is -2.33. The third kappa shape index (κ3) is 3.74. The Morgan fingerprint density at radius 3 is 2.26 bits per heavy atom. The quantitative estimate of drug-likeness (QED) is 0.775. The van der Waals surface area contributed by atoms with Crippen molar-refractivity contribution in [3.63, 3.8) is 0 Å². The first-order chi connectivity index (χ1) is 11.2. The number of benzene rings is 2. The van der Waals surface area contributed by atoms with Crippen LogP contribution in [0.25, 0.3) is 0 Å². The van der Waals surface area contributed by atoms with Gasteiger partial charge >= 0.3 is 6.03 Å². The molecule has 1 aromatic heterocycles. The summed E-state index contributed by atoms with van der Waals surface area (Å²) in [7, 11) is 0. The maximum atomic E-state index is 12.3. The number of carbonyl (C=O) groups is 1. The van der Waals surface area contributed by atoms with Crippen LogP contribution < -0.4 is 10.6 Å². The van der Waals surface area contributed by atoms with Gasteiger partial charge in [-0.1, -0.05) is 48.5 Å². The van der Waals surface area contributed by atoms with Gasteiger partial charge in [0.1, 0.15) is 6.04 Å². The van der Waals surface area contributed by atoms with Crippen LogP contribution in [0.2, 0.25) is 0 Å². The standard InChI is InChI=1S/C17H16N4O2/c1-12-20-21-16(23-12)15(13-8-4-2-5-9-13)19-17(22)18-14-10-6-3-7-11-14/h2-11,15H,1H3,(H2,18,19,22). The molecule has 0 radical (unpaired) electrons. The third-order valence-corrected chi connectivity index (χ3v) is 3.23. The molecule has 6 nitrogen and oxygen atoms in total. The van der Waals surface area contributed by atoms with Gasteiger partial charge in [0.15, 0.2) is 0 Å². The molecule has 23 heavy (non-hydrogen) atoms. The second-order valence-electron chi connectivity index (χ2n) is 4.97. The van der Waals surface area contributed by atoms with Gasteiger partial charge in [-0.25, -0.2) is 4.79 Å². The fraction of sp³-hybridized carbons (Fsp3) is 0.118. The zero-order valence-electron chi connectivity index (χ0n) is 12.6. The molecule has 0 aliphatic rings. The van der Waals surface area contributed by atoms with Gasteiger partial charge < -0.3 is 15.1 Å². The van der Waals surface area contributed by atoms with Crippen molar-refractivity contribution in [2.45, 2.75) is 13.0 Å². The number of aryl methyl sites for hydroxylation is 1. The molecule has 116 valence electrons. The normalized spacial score (nSPS) is 11.7. The van der Waals surface area contributed by atoms with E-state index in [0.717, 1.165) is 5.56 Å². The van der Waals surface area contributed by atoms with E-state index < -0.39 is 6.04 Å². The summed E-state index contributed by atoms with van der Waals surface area (Å²) in [4.78, 5) is 12.3. The predicted octanol–water partition coefficient (Wildman–Crippen LogP) is 3.29. The Morgan fingerprint density at radius 2 is 1.65 bits per heavy atom. The van der Waals surface area contributed by atoms with Crippen LogP contribution in [0.4, 0.5) is 10.5 Å². The van der Waals surface area contributed by atoms with E-state index in [1.54, 1.807) is 6.92 Å². The average molecular weight is 308 g/mol. The molecule has 0 saturated heterocycles. The smallest absolute Gasteiger partial charge is 0.320 e. The van der Waals surface area contributed by atoms with Gasteiger partial charge in [-0.3, -0.25) is 0 Å². The van der Waals surface area contributed by atoms with E-state index in [4.69, 9.17) is 4.42 Å². The highest BCUT2D eigenvalue weighted by Gasteiger charge is 2.22. The highest BCUT2D eigenvalue weighted by molar-refractivity contribution is 5.89. The summed E-state index contributed by atoms with van der Waals surface area (Å²) >= 11 is 0. The van der Waals surface area contributed by atoms with Gasteiger partial charge in [-0.15, -0.1) is 10.2 Å². The Balaban J connectivity index is 1.80. The summed E-state index contributed by atoms with van der Waals surface area (Å²) in [5.74, 6) is 0.795. The molecule has 2 aromatic carbocycles. The largest absolute Gasteiger partial charge is 0.423 e. The maximum Gasteiger partial charge on any atom is 0.320 e. The van der Waals surface area contributed by atoms with Crippen molar-refractivity contribution in [2.24, 2.45) is 0 Å². The molecule has 1 heterocycles. The zero-order valence-corrected chi connectivity index (χ0v) is 12.6. The van der Waals surface area contributed by atoms with Crippen LogP contribution in [0.5, 0.6) is 0 Å². The highest BCUT2D eigenvalue weighted by Crippen LogP contribution is 2.21. The first-order valence-corrected chi connectivity index (χ1v) is 7.20. The van der Waals surface area contributed by atoms with E-state index in [1.165, 1.54) is 0 Å². The summed E-state index contributed by atoms with van der Waals surface area (Å²) in [6, 6.07) is 17.8. The number of nitrogens with zero attached hydrogens (tertiary/aromatic N) is 2. The van der Waals surface area contributed by atoms with Crippen LogP contribution >= 0.6 is 0 Å². The summed E-state index contributed by atoms with van der Waals surface area (Å²) in [5.41, 5.74) is 1.57. The number of para-hydroxylation sites is 1. The molecular weight excluding hydrogens is 292 g/mol. The van der Waals surface area contributed by atoms with Gasteiger partial charge in [-0.05, 0) is 17.7 Å². The lowest BCUT2D eigenvalue weighted by molar-refractivity contribution is 0.248. The van der Waals surface area contributed by atoms with Crippen molar-refractivity contribution < 1.29 is 9.21 Å². The lowest BCUT2D eigenvalue weighted by Gasteiger charge is -2.16. The Morgan fingerprint density at radius 1 is 1.00 bits per heavy atom. The molecule has 2 N–H and O–H groups in total. The van der Waals surface area contributed by atoms with Crippen molar-refractivity contribution in [3.05, 3.63) is 78.0 Å². The summed E-state index contributed by atoms with van der Waals surface area (Å²) in [6.45, 7) is 1.71. The number of hydrogen-bond acceptors (Lipinski definition) is 4. The first kappa shape index (κ1) is 14.8. The number of rotatable bonds is 4. The number of carbonyl (C=O) groups excluding carboxylic acids is 1. The third-order valence-electron chi connectivity index (χ3n) is 3.23. The van der Waals surface area contributed by atoms with Gasteiger partial charge in [0.2, 0.25) is 11.8 Å². The van der Waals surface area contributed by atoms with Gasteiger partial charge in [0, 0.05) is 12.6 Å². The minimum absolute atomic E-state index is 0.344. The number of nitrogens with one attached hydrogen (secondary N) is 2. The Labute approximate surface area is 133 Å². The second kappa shape index (κ2) is 6.74. The minimum Gasteiger partial charge on any atom is -0.423 e. The summed E-state index contributed by atoms with van der Waals surface area (Å²) in [6.07, 6.45) is 0. The van der Waals surface area contributed by atoms with Crippen molar-refractivity contribution >= 4 is 11.7 Å². The van der Waals surface area contributed by atoms with Crippen LogP contribution in [0.15, 0.2) is 65.1 Å². The molecule has 0 aliphatic carbocycles. The van der Waals surface area contributed by atoms with E-state index in [0.29, 0.717) is 17.5 Å². The van der Waals surface area contributed by atoms with Gasteiger partial charge in [-0.2, -0.15) is 0 Å². The average Bonchev–Trinajstić information content (AvgIpc) is 3.00. The molecule has 1 atom stereocenters. The highest BCUT2D eigenvalue weighted by atomic mass is 16.4. The minimum atomic E-state index is -0.513. The van der Waals surface area contributed by atoms with Crippen molar-refractivity contribution in [3.8, 4) is 0 Å². The number of amides is 2. The van der Waals surface area contributed by atoms with Crippen molar-refractivity contribution in [2.75, 3.05) is 5.32 Å². The van der Waals surface area contributed by atoms with Crippen LogP contribution in [-0.2, 0) is 0 Å². The first-order valence-electron chi connectivity index (χ1n) is 7.20. The molecule has 0 spiro atoms. The van der Waals surface area contributed by atoms with Crippen LogP contribution in [0, 0.1) is 6.92 Å². The molecule has 0 aliphatic heterocycles. The molecule has 3 rings (SSSR count). The van der Waals surface area contributed by atoms with E-state index in [9.17, 15) is 4.79 Å². The Hall–Kier alpha value is -3.15. The van der Waals surface area contributed by atoms with Crippen molar-refractivity contribution in [1.82, 2.24) is 15.5 Å². The van der Waals surface area contributed by atoms with Crippen LogP contribution in [0.3, 0.4) is 0 Å². The maximum absolute atomic E-state index is 12.3. The molecular formula is C17H16N4O2. The van der Waals surface area contributed by atoms with E-state index in [2.05, 4.69) is 20.8 Å². The monoisotopic (exact) mass is 308 g/mol. The van der Waals surface area contributed by atoms with E-state index in [1.807, 2.05) is 60.7 Å². The number of anilines is 1. The zero-order chi connectivity index (χ0) is 16.1. The molecule has 0 fully saturated rings. The molecule has 2 amide bonds. The number of hydrogen-bond donors (Lipinski definition) is 2. The lowest BCUT2D eigenvalue weighted by atomic mass is 10.1. The van der Waals surface area contributed by atoms with Gasteiger partial charge in [0.05, 0.1) is 0 Å². The van der Waals surface area contributed by atoms with Crippen molar-refractivity contribution in [1.29, 1.82) is 0 Å². The van der Waals surface area contributed by atoms with Gasteiger partial charge in [0.25, 0.3) is 0 Å². The Bertz CT molecular complexity index is 772. The van der Waals surface area contributed by atoms with E-state index >= 15 is 0 Å². The second-order valence-corrected chi connectivity index (χ2v) is 4.97. The predicted molar refractivity (Wildman–Crippen MR) is 85.9 cm³/mol. The van der Waals surface area contributed by atoms with Crippen LogP contribution in [0.1, 0.15) is 23.4 Å². The SMILES string of the molecule is Cc1nnc(C(NC(=O)Nc2ccccc2)c2ccccc2)o1. The number of aromatic nitrogens is 2. The summed E-state index contributed by atoms with van der Waals surface area (Å²) < 4.78 is 5.49. The fourth-order valence-corrected chi connectivity index (χ4v) is 2.18. The molecule has 6 heteroatoms. The Kier molecular flexibility index (Phi) is 4.33. The molecule has 3 aromatic rings.